The highest BCUT2D eigenvalue weighted by Gasteiger charge is 2.17. The zero-order valence-electron chi connectivity index (χ0n) is 6.59. The number of nitrogens with two attached hydrogens (primary N) is 1. The maximum atomic E-state index is 5.83. The Kier molecular flexibility index (Phi) is 1.36. The molecule has 1 atom stereocenters. The van der Waals surface area contributed by atoms with Crippen LogP contribution in [-0.2, 0) is 0 Å². The average Bonchev–Trinajstić information content (AvgIpc) is 2.32. The van der Waals surface area contributed by atoms with Crippen molar-refractivity contribution in [3.8, 4) is 0 Å². The minimum absolute atomic E-state index is 0.186. The molecule has 0 aromatic heterocycles. The first-order chi connectivity index (χ1) is 5.27. The van der Waals surface area contributed by atoms with Crippen LogP contribution in [0.3, 0.4) is 0 Å². The summed E-state index contributed by atoms with van der Waals surface area (Å²) in [6, 6.07) is 6.54. The van der Waals surface area contributed by atoms with Crippen LogP contribution < -0.4 is 11.1 Å². The molecule has 1 aromatic carbocycles. The predicted molar refractivity (Wildman–Crippen MR) is 46.6 cm³/mol. The topological polar surface area (TPSA) is 38.0 Å². The molecule has 1 aromatic rings. The van der Waals surface area contributed by atoms with E-state index >= 15 is 0 Å². The Hall–Kier alpha value is -1.02. The van der Waals surface area contributed by atoms with Crippen molar-refractivity contribution in [2.45, 2.75) is 13.0 Å². The van der Waals surface area contributed by atoms with Crippen LogP contribution in [0, 0.1) is 6.92 Å². The SMILES string of the molecule is Cc1ccc2c(c1)NCC2N. The molecule has 0 saturated carbocycles. The number of aryl methyl sites for hydroxylation is 1. The van der Waals surface area contributed by atoms with Gasteiger partial charge in [-0.1, -0.05) is 12.1 Å². The van der Waals surface area contributed by atoms with Gasteiger partial charge < -0.3 is 11.1 Å². The molecule has 1 heterocycles. The van der Waals surface area contributed by atoms with E-state index in [2.05, 4.69) is 30.4 Å². The highest BCUT2D eigenvalue weighted by Crippen LogP contribution is 2.28. The fourth-order valence-corrected chi connectivity index (χ4v) is 1.48. The molecule has 0 bridgehead atoms. The summed E-state index contributed by atoms with van der Waals surface area (Å²) in [5.74, 6) is 0. The number of rotatable bonds is 0. The van der Waals surface area contributed by atoms with Gasteiger partial charge in [0.05, 0.1) is 0 Å². The van der Waals surface area contributed by atoms with E-state index in [9.17, 15) is 0 Å². The second kappa shape index (κ2) is 2.24. The first kappa shape index (κ1) is 6.68. The highest BCUT2D eigenvalue weighted by molar-refractivity contribution is 5.58. The third-order valence-electron chi connectivity index (χ3n) is 2.12. The quantitative estimate of drug-likeness (QED) is 0.584. The Labute approximate surface area is 66.4 Å². The van der Waals surface area contributed by atoms with E-state index in [1.807, 2.05) is 0 Å². The Morgan fingerprint density at radius 1 is 1.55 bits per heavy atom. The van der Waals surface area contributed by atoms with Gasteiger partial charge in [-0.15, -0.1) is 0 Å². The van der Waals surface area contributed by atoms with Crippen LogP contribution in [0.4, 0.5) is 5.69 Å². The lowest BCUT2D eigenvalue weighted by atomic mass is 10.1. The maximum absolute atomic E-state index is 5.83. The summed E-state index contributed by atoms with van der Waals surface area (Å²) in [6.07, 6.45) is 0. The fraction of sp³-hybridized carbons (Fsp3) is 0.333. The van der Waals surface area contributed by atoms with Crippen molar-refractivity contribution in [3.05, 3.63) is 29.3 Å². The van der Waals surface area contributed by atoms with Crippen molar-refractivity contribution in [2.24, 2.45) is 5.73 Å². The van der Waals surface area contributed by atoms with Gasteiger partial charge in [0, 0.05) is 18.3 Å². The van der Waals surface area contributed by atoms with Crippen LogP contribution in [-0.4, -0.2) is 6.54 Å². The molecule has 0 spiro atoms. The van der Waals surface area contributed by atoms with E-state index in [0.29, 0.717) is 0 Å². The third-order valence-corrected chi connectivity index (χ3v) is 2.12. The van der Waals surface area contributed by atoms with E-state index in [0.717, 1.165) is 6.54 Å². The van der Waals surface area contributed by atoms with Crippen LogP contribution in [0.2, 0.25) is 0 Å². The van der Waals surface area contributed by atoms with Crippen LogP contribution in [0.1, 0.15) is 17.2 Å². The van der Waals surface area contributed by atoms with Crippen molar-refractivity contribution in [3.63, 3.8) is 0 Å². The van der Waals surface area contributed by atoms with Gasteiger partial charge in [0.15, 0.2) is 0 Å². The first-order valence-electron chi connectivity index (χ1n) is 3.87. The summed E-state index contributed by atoms with van der Waals surface area (Å²) >= 11 is 0. The first-order valence-corrected chi connectivity index (χ1v) is 3.87. The van der Waals surface area contributed by atoms with E-state index in [4.69, 9.17) is 5.73 Å². The van der Waals surface area contributed by atoms with Crippen LogP contribution in [0.25, 0.3) is 0 Å². The molecule has 1 unspecified atom stereocenters. The average molecular weight is 148 g/mol. The van der Waals surface area contributed by atoms with Gasteiger partial charge in [-0.25, -0.2) is 0 Å². The van der Waals surface area contributed by atoms with Gasteiger partial charge in [-0.3, -0.25) is 0 Å². The monoisotopic (exact) mass is 148 g/mol. The third kappa shape index (κ3) is 0.994. The van der Waals surface area contributed by atoms with Gasteiger partial charge in [-0.05, 0) is 24.1 Å². The van der Waals surface area contributed by atoms with Crippen molar-refractivity contribution >= 4 is 5.69 Å². The molecule has 1 aliphatic rings. The minimum atomic E-state index is 0.186. The van der Waals surface area contributed by atoms with Gasteiger partial charge in [-0.2, -0.15) is 0 Å². The lowest BCUT2D eigenvalue weighted by Gasteiger charge is -2.01. The van der Waals surface area contributed by atoms with Gasteiger partial charge in [0.25, 0.3) is 0 Å². The largest absolute Gasteiger partial charge is 0.383 e. The Balaban J connectivity index is 2.50. The molecule has 0 fully saturated rings. The van der Waals surface area contributed by atoms with E-state index in [-0.39, 0.29) is 6.04 Å². The molecule has 2 rings (SSSR count). The molecular formula is C9H12N2. The molecule has 0 amide bonds. The molecule has 0 aliphatic carbocycles. The molecule has 58 valence electrons. The maximum Gasteiger partial charge on any atom is 0.0491 e. The summed E-state index contributed by atoms with van der Waals surface area (Å²) < 4.78 is 0. The number of hydrogen-bond donors (Lipinski definition) is 2. The molecule has 0 saturated heterocycles. The lowest BCUT2D eigenvalue weighted by molar-refractivity contribution is 0.808. The second-order valence-corrected chi connectivity index (χ2v) is 3.08. The Bertz CT molecular complexity index is 281. The van der Waals surface area contributed by atoms with Crippen molar-refractivity contribution in [1.29, 1.82) is 0 Å². The molecule has 3 N–H and O–H groups in total. The highest BCUT2D eigenvalue weighted by atomic mass is 15.0. The number of anilines is 1. The summed E-state index contributed by atoms with van der Waals surface area (Å²) in [5, 5.41) is 3.27. The van der Waals surface area contributed by atoms with Crippen LogP contribution in [0.15, 0.2) is 18.2 Å². The van der Waals surface area contributed by atoms with Crippen molar-refractivity contribution in [1.82, 2.24) is 0 Å². The zero-order chi connectivity index (χ0) is 7.84. The predicted octanol–water partition coefficient (Wildman–Crippen LogP) is 1.42. The number of fused-ring (bicyclic) bond motifs is 1. The fourth-order valence-electron chi connectivity index (χ4n) is 1.48. The van der Waals surface area contributed by atoms with Crippen molar-refractivity contribution < 1.29 is 0 Å². The standard InChI is InChI=1S/C9H12N2/c1-6-2-3-7-8(10)5-11-9(7)4-6/h2-4,8,11H,5,10H2,1H3. The molecule has 11 heavy (non-hydrogen) atoms. The normalized spacial score (nSPS) is 21.1. The van der Waals surface area contributed by atoms with E-state index in [1.165, 1.54) is 16.8 Å². The smallest absolute Gasteiger partial charge is 0.0491 e. The molecular weight excluding hydrogens is 136 g/mol. The lowest BCUT2D eigenvalue weighted by Crippen LogP contribution is -2.11. The number of benzene rings is 1. The van der Waals surface area contributed by atoms with E-state index in [1.54, 1.807) is 0 Å². The summed E-state index contributed by atoms with van der Waals surface area (Å²) in [7, 11) is 0. The number of hydrogen-bond acceptors (Lipinski definition) is 2. The Morgan fingerprint density at radius 2 is 2.36 bits per heavy atom. The summed E-state index contributed by atoms with van der Waals surface area (Å²) in [5.41, 5.74) is 9.57. The van der Waals surface area contributed by atoms with E-state index < -0.39 is 0 Å². The van der Waals surface area contributed by atoms with Crippen LogP contribution in [0.5, 0.6) is 0 Å². The van der Waals surface area contributed by atoms with Gasteiger partial charge in [0.2, 0.25) is 0 Å². The number of nitrogens with one attached hydrogen (secondary N) is 1. The summed E-state index contributed by atoms with van der Waals surface area (Å²) in [4.78, 5) is 0. The second-order valence-electron chi connectivity index (χ2n) is 3.08. The van der Waals surface area contributed by atoms with Gasteiger partial charge >= 0.3 is 0 Å². The minimum Gasteiger partial charge on any atom is -0.383 e. The summed E-state index contributed by atoms with van der Waals surface area (Å²) in [6.45, 7) is 2.96. The van der Waals surface area contributed by atoms with Crippen molar-refractivity contribution in [2.75, 3.05) is 11.9 Å². The molecule has 0 radical (unpaired) electrons. The molecule has 2 nitrogen and oxygen atoms in total. The molecule has 1 aliphatic heterocycles. The Morgan fingerprint density at radius 3 is 3.18 bits per heavy atom. The molecule has 2 heteroatoms. The van der Waals surface area contributed by atoms with Gasteiger partial charge in [0.1, 0.15) is 0 Å². The van der Waals surface area contributed by atoms with Crippen LogP contribution >= 0.6 is 0 Å². The zero-order valence-corrected chi connectivity index (χ0v) is 6.59.